The summed E-state index contributed by atoms with van der Waals surface area (Å²) in [6.07, 6.45) is 2.04. The zero-order valence-electron chi connectivity index (χ0n) is 11.4. The Labute approximate surface area is 114 Å². The number of aromatic nitrogens is 2. The van der Waals surface area contributed by atoms with Crippen LogP contribution in [0.15, 0.2) is 24.3 Å². The quantitative estimate of drug-likeness (QED) is 0.738. The highest BCUT2D eigenvalue weighted by atomic mass is 35.5. The molecule has 0 aliphatic rings. The van der Waals surface area contributed by atoms with E-state index in [1.165, 1.54) is 16.6 Å². The van der Waals surface area contributed by atoms with Crippen LogP contribution in [-0.4, -0.2) is 15.2 Å². The van der Waals surface area contributed by atoms with E-state index in [-0.39, 0.29) is 5.38 Å². The maximum absolute atomic E-state index is 6.06. The SMILES string of the molecule is CCn1nc(CC(C)CC(C)Cl)c2ccccc21. The molecule has 0 aliphatic carbocycles. The van der Waals surface area contributed by atoms with E-state index in [2.05, 4.69) is 49.7 Å². The second kappa shape index (κ2) is 5.75. The summed E-state index contributed by atoms with van der Waals surface area (Å²) in [6, 6.07) is 8.47. The van der Waals surface area contributed by atoms with Crippen molar-refractivity contribution in [2.45, 2.75) is 45.5 Å². The predicted octanol–water partition coefficient (Wildman–Crippen LogP) is 4.25. The van der Waals surface area contributed by atoms with Gasteiger partial charge in [0.05, 0.1) is 11.2 Å². The number of fused-ring (bicyclic) bond motifs is 1. The summed E-state index contributed by atoms with van der Waals surface area (Å²) in [7, 11) is 0. The van der Waals surface area contributed by atoms with Crippen molar-refractivity contribution in [2.75, 3.05) is 0 Å². The van der Waals surface area contributed by atoms with Crippen molar-refractivity contribution in [3.8, 4) is 0 Å². The van der Waals surface area contributed by atoms with Crippen LogP contribution in [0.25, 0.3) is 10.9 Å². The lowest BCUT2D eigenvalue weighted by molar-refractivity contribution is 0.515. The van der Waals surface area contributed by atoms with Crippen molar-refractivity contribution in [2.24, 2.45) is 5.92 Å². The van der Waals surface area contributed by atoms with Gasteiger partial charge in [-0.2, -0.15) is 5.10 Å². The lowest BCUT2D eigenvalue weighted by Crippen LogP contribution is -2.06. The van der Waals surface area contributed by atoms with Crippen molar-refractivity contribution in [3.05, 3.63) is 30.0 Å². The molecule has 2 aromatic rings. The molecule has 0 spiro atoms. The fourth-order valence-corrected chi connectivity index (χ4v) is 2.86. The summed E-state index contributed by atoms with van der Waals surface area (Å²) >= 11 is 6.06. The number of benzene rings is 1. The summed E-state index contributed by atoms with van der Waals surface area (Å²) in [4.78, 5) is 0. The summed E-state index contributed by atoms with van der Waals surface area (Å²) in [5.41, 5.74) is 2.44. The molecule has 0 amide bonds. The fourth-order valence-electron chi connectivity index (χ4n) is 2.56. The first-order valence-electron chi connectivity index (χ1n) is 6.70. The maximum Gasteiger partial charge on any atom is 0.0706 e. The number of hydrogen-bond acceptors (Lipinski definition) is 1. The molecule has 0 radical (unpaired) electrons. The van der Waals surface area contributed by atoms with Gasteiger partial charge in [-0.3, -0.25) is 4.68 Å². The molecule has 0 saturated heterocycles. The molecular formula is C15H21ClN2. The Balaban J connectivity index is 2.28. The molecule has 0 saturated carbocycles. The van der Waals surface area contributed by atoms with Gasteiger partial charge in [0.15, 0.2) is 0 Å². The largest absolute Gasteiger partial charge is 0.265 e. The summed E-state index contributed by atoms with van der Waals surface area (Å²) in [5, 5.41) is 6.25. The Hall–Kier alpha value is -1.02. The Bertz CT molecular complexity index is 516. The molecule has 3 heteroatoms. The average Bonchev–Trinajstić information content (AvgIpc) is 2.67. The van der Waals surface area contributed by atoms with Crippen molar-refractivity contribution >= 4 is 22.5 Å². The molecule has 1 aromatic carbocycles. The highest BCUT2D eigenvalue weighted by molar-refractivity contribution is 6.20. The topological polar surface area (TPSA) is 17.8 Å². The molecule has 0 fully saturated rings. The van der Waals surface area contributed by atoms with Gasteiger partial charge in [0.2, 0.25) is 0 Å². The van der Waals surface area contributed by atoms with Crippen LogP contribution in [-0.2, 0) is 13.0 Å². The molecule has 2 rings (SSSR count). The standard InChI is InChI=1S/C15H21ClN2/c1-4-18-15-8-6-5-7-13(15)14(17-18)10-11(2)9-12(3)16/h5-8,11-12H,4,9-10H2,1-3H3. The van der Waals surface area contributed by atoms with E-state index >= 15 is 0 Å². The summed E-state index contributed by atoms with van der Waals surface area (Å²) in [6.45, 7) is 7.35. The highest BCUT2D eigenvalue weighted by Gasteiger charge is 2.13. The first-order chi connectivity index (χ1) is 8.61. The van der Waals surface area contributed by atoms with Gasteiger partial charge >= 0.3 is 0 Å². The number of nitrogens with zero attached hydrogens (tertiary/aromatic N) is 2. The number of hydrogen-bond donors (Lipinski definition) is 0. The third-order valence-corrected chi connectivity index (χ3v) is 3.48. The van der Waals surface area contributed by atoms with Gasteiger partial charge in [0.25, 0.3) is 0 Å². The molecule has 2 unspecified atom stereocenters. The van der Waals surface area contributed by atoms with Crippen LogP contribution < -0.4 is 0 Å². The minimum absolute atomic E-state index is 0.236. The fraction of sp³-hybridized carbons (Fsp3) is 0.533. The minimum Gasteiger partial charge on any atom is -0.265 e. The molecule has 1 heterocycles. The van der Waals surface area contributed by atoms with E-state index in [1.807, 2.05) is 0 Å². The number of aryl methyl sites for hydroxylation is 1. The lowest BCUT2D eigenvalue weighted by atomic mass is 9.98. The smallest absolute Gasteiger partial charge is 0.0706 e. The van der Waals surface area contributed by atoms with E-state index < -0.39 is 0 Å². The van der Waals surface area contributed by atoms with Gasteiger partial charge in [-0.25, -0.2) is 0 Å². The summed E-state index contributed by atoms with van der Waals surface area (Å²) < 4.78 is 2.08. The van der Waals surface area contributed by atoms with Gasteiger partial charge in [0, 0.05) is 17.3 Å². The van der Waals surface area contributed by atoms with Crippen LogP contribution in [0.4, 0.5) is 0 Å². The third kappa shape index (κ3) is 2.86. The third-order valence-electron chi connectivity index (χ3n) is 3.30. The number of rotatable bonds is 5. The Kier molecular flexibility index (Phi) is 4.28. The van der Waals surface area contributed by atoms with Gasteiger partial charge in [-0.1, -0.05) is 25.1 Å². The molecule has 2 nitrogen and oxygen atoms in total. The number of halogens is 1. The van der Waals surface area contributed by atoms with Crippen LogP contribution in [0.5, 0.6) is 0 Å². The van der Waals surface area contributed by atoms with Gasteiger partial charge < -0.3 is 0 Å². The molecule has 0 aliphatic heterocycles. The second-order valence-electron chi connectivity index (χ2n) is 5.11. The van der Waals surface area contributed by atoms with Crippen molar-refractivity contribution in [1.82, 2.24) is 9.78 Å². The predicted molar refractivity (Wildman–Crippen MR) is 78.2 cm³/mol. The molecule has 98 valence electrons. The molecule has 1 aromatic heterocycles. The summed E-state index contributed by atoms with van der Waals surface area (Å²) in [5.74, 6) is 0.570. The van der Waals surface area contributed by atoms with Crippen LogP contribution in [0.2, 0.25) is 0 Å². The van der Waals surface area contributed by atoms with Crippen LogP contribution >= 0.6 is 11.6 Å². The first-order valence-corrected chi connectivity index (χ1v) is 7.14. The van der Waals surface area contributed by atoms with Crippen molar-refractivity contribution in [3.63, 3.8) is 0 Å². The highest BCUT2D eigenvalue weighted by Crippen LogP contribution is 2.23. The number of para-hydroxylation sites is 1. The Morgan fingerprint density at radius 3 is 2.67 bits per heavy atom. The van der Waals surface area contributed by atoms with Crippen LogP contribution in [0.3, 0.4) is 0 Å². The van der Waals surface area contributed by atoms with Gasteiger partial charge in [0.1, 0.15) is 0 Å². The Morgan fingerprint density at radius 1 is 1.28 bits per heavy atom. The zero-order chi connectivity index (χ0) is 13.1. The monoisotopic (exact) mass is 264 g/mol. The van der Waals surface area contributed by atoms with E-state index in [0.29, 0.717) is 5.92 Å². The van der Waals surface area contributed by atoms with E-state index in [4.69, 9.17) is 16.7 Å². The normalized spacial score (nSPS) is 14.9. The molecule has 18 heavy (non-hydrogen) atoms. The van der Waals surface area contributed by atoms with E-state index in [0.717, 1.165) is 19.4 Å². The van der Waals surface area contributed by atoms with Crippen LogP contribution in [0, 0.1) is 5.92 Å². The van der Waals surface area contributed by atoms with Gasteiger partial charge in [-0.15, -0.1) is 11.6 Å². The second-order valence-corrected chi connectivity index (χ2v) is 5.85. The zero-order valence-corrected chi connectivity index (χ0v) is 12.1. The van der Waals surface area contributed by atoms with Crippen LogP contribution in [0.1, 0.15) is 32.9 Å². The molecule has 2 atom stereocenters. The lowest BCUT2D eigenvalue weighted by Gasteiger charge is -2.11. The van der Waals surface area contributed by atoms with E-state index in [1.54, 1.807) is 0 Å². The van der Waals surface area contributed by atoms with E-state index in [9.17, 15) is 0 Å². The maximum atomic E-state index is 6.06. The average molecular weight is 265 g/mol. The molecular weight excluding hydrogens is 244 g/mol. The molecule has 0 N–H and O–H groups in total. The minimum atomic E-state index is 0.236. The first kappa shape index (κ1) is 13.4. The number of alkyl halides is 1. The Morgan fingerprint density at radius 2 is 2.00 bits per heavy atom. The van der Waals surface area contributed by atoms with Crippen molar-refractivity contribution < 1.29 is 0 Å². The molecule has 0 bridgehead atoms. The van der Waals surface area contributed by atoms with Crippen molar-refractivity contribution in [1.29, 1.82) is 0 Å². The van der Waals surface area contributed by atoms with Gasteiger partial charge in [-0.05, 0) is 38.7 Å².